The molecule has 0 saturated carbocycles. The van der Waals surface area contributed by atoms with E-state index in [2.05, 4.69) is 5.32 Å². The summed E-state index contributed by atoms with van der Waals surface area (Å²) < 4.78 is 6.99. The first kappa shape index (κ1) is 21.3. The van der Waals surface area contributed by atoms with Crippen LogP contribution in [0.25, 0.3) is 21.7 Å². The molecular weight excluding hydrogens is 430 g/mol. The molecule has 1 atom stereocenters. The van der Waals surface area contributed by atoms with Crippen LogP contribution in [0.4, 0.5) is 11.4 Å². The van der Waals surface area contributed by atoms with Crippen LogP contribution in [0.1, 0.15) is 28.6 Å². The fourth-order valence-electron chi connectivity index (χ4n) is 4.41. The molecule has 1 unspecified atom stereocenters. The number of Topliss-reactive ketones (excluding diaryl/α,β-unsaturated/α-hetero) is 1. The molecule has 4 N–H and O–H groups in total. The van der Waals surface area contributed by atoms with Gasteiger partial charge in [-0.1, -0.05) is 36.4 Å². The smallest absolute Gasteiger partial charge is 0.265 e. The van der Waals surface area contributed by atoms with E-state index in [1.54, 1.807) is 43.4 Å². The average Bonchev–Trinajstić information content (AvgIpc) is 3.38. The number of aromatic hydroxyl groups is 1. The molecule has 0 saturated heterocycles. The Morgan fingerprint density at radius 3 is 2.59 bits per heavy atom. The normalized spacial score (nSPS) is 12.1. The number of furan rings is 1. The zero-order valence-corrected chi connectivity index (χ0v) is 18.5. The lowest BCUT2D eigenvalue weighted by Crippen LogP contribution is -2.26. The number of rotatable bonds is 6. The van der Waals surface area contributed by atoms with Gasteiger partial charge in [0.1, 0.15) is 17.1 Å². The fourth-order valence-corrected chi connectivity index (χ4v) is 4.41. The Morgan fingerprint density at radius 1 is 1.06 bits per heavy atom. The number of carbonyl (C=O) groups is 1. The molecule has 0 aliphatic carbocycles. The van der Waals surface area contributed by atoms with Gasteiger partial charge in [0, 0.05) is 35.6 Å². The van der Waals surface area contributed by atoms with Gasteiger partial charge in [-0.3, -0.25) is 9.59 Å². The van der Waals surface area contributed by atoms with Crippen molar-refractivity contribution in [3.8, 4) is 5.75 Å². The molecule has 0 radical (unpaired) electrons. The predicted octanol–water partition coefficient (Wildman–Crippen LogP) is 5.00. The van der Waals surface area contributed by atoms with Crippen molar-refractivity contribution in [1.82, 2.24) is 4.57 Å². The standard InChI is InChI=1S/C27H23N3O4/c1-30-21-12-3-2-9-17(21)26(32)25(27(30)33)22(31)15-20(23-13-6-14-34-23)29-19-11-5-8-16-7-4-10-18(28)24(16)19/h2-14,20,29,32H,15,28H2,1H3. The third-order valence-corrected chi connectivity index (χ3v) is 6.10. The largest absolute Gasteiger partial charge is 0.506 e. The van der Waals surface area contributed by atoms with E-state index < -0.39 is 17.4 Å². The number of hydrogen-bond donors (Lipinski definition) is 3. The van der Waals surface area contributed by atoms with Gasteiger partial charge in [-0.2, -0.15) is 0 Å². The Morgan fingerprint density at radius 2 is 1.82 bits per heavy atom. The SMILES string of the molecule is Cn1c(=O)c(C(=O)CC(Nc2cccc3cccc(N)c23)c2ccco2)c(O)c2ccccc21. The molecule has 7 heteroatoms. The summed E-state index contributed by atoms with van der Waals surface area (Å²) in [5.74, 6) is -0.278. The molecule has 0 fully saturated rings. The zero-order valence-electron chi connectivity index (χ0n) is 18.5. The van der Waals surface area contributed by atoms with Gasteiger partial charge in [0.05, 0.1) is 17.8 Å². The minimum Gasteiger partial charge on any atom is -0.506 e. The topological polar surface area (TPSA) is 110 Å². The number of ketones is 1. The van der Waals surface area contributed by atoms with Crippen molar-refractivity contribution >= 4 is 38.8 Å². The van der Waals surface area contributed by atoms with Crippen LogP contribution >= 0.6 is 0 Å². The van der Waals surface area contributed by atoms with Gasteiger partial charge >= 0.3 is 0 Å². The maximum absolute atomic E-state index is 13.4. The summed E-state index contributed by atoms with van der Waals surface area (Å²) in [6, 6.07) is 21.2. The van der Waals surface area contributed by atoms with E-state index in [4.69, 9.17) is 10.2 Å². The molecule has 5 aromatic rings. The number of aryl methyl sites for hydroxylation is 1. The highest BCUT2D eigenvalue weighted by Crippen LogP contribution is 2.34. The number of anilines is 2. The number of nitrogen functional groups attached to an aromatic ring is 1. The highest BCUT2D eigenvalue weighted by molar-refractivity contribution is 6.05. The Kier molecular flexibility index (Phi) is 5.30. The van der Waals surface area contributed by atoms with Crippen molar-refractivity contribution < 1.29 is 14.3 Å². The van der Waals surface area contributed by atoms with Crippen LogP contribution in [0.3, 0.4) is 0 Å². The highest BCUT2D eigenvalue weighted by atomic mass is 16.3. The van der Waals surface area contributed by atoms with Crippen LogP contribution < -0.4 is 16.6 Å². The number of aromatic nitrogens is 1. The molecule has 0 spiro atoms. The van der Waals surface area contributed by atoms with Crippen LogP contribution in [0.5, 0.6) is 5.75 Å². The number of nitrogens with two attached hydrogens (primary N) is 1. The van der Waals surface area contributed by atoms with Crippen LogP contribution in [0.2, 0.25) is 0 Å². The molecule has 5 rings (SSSR count). The number of nitrogens with one attached hydrogen (secondary N) is 1. The van der Waals surface area contributed by atoms with Crippen molar-refractivity contribution in [3.05, 3.63) is 101 Å². The lowest BCUT2D eigenvalue weighted by atomic mass is 9.99. The minimum atomic E-state index is -0.594. The van der Waals surface area contributed by atoms with E-state index in [0.717, 1.165) is 16.5 Å². The zero-order chi connectivity index (χ0) is 23.8. The molecule has 0 aliphatic rings. The summed E-state index contributed by atoms with van der Waals surface area (Å²) in [5.41, 5.74) is 7.35. The van der Waals surface area contributed by atoms with Crippen LogP contribution in [-0.4, -0.2) is 15.5 Å². The maximum Gasteiger partial charge on any atom is 0.265 e. The van der Waals surface area contributed by atoms with Crippen molar-refractivity contribution in [2.75, 3.05) is 11.1 Å². The quantitative estimate of drug-likeness (QED) is 0.247. The number of hydrogen-bond acceptors (Lipinski definition) is 6. The van der Waals surface area contributed by atoms with Crippen LogP contribution in [0.15, 0.2) is 88.3 Å². The molecular formula is C27H23N3O4. The molecule has 7 nitrogen and oxygen atoms in total. The second-order valence-corrected chi connectivity index (χ2v) is 8.20. The average molecular weight is 453 g/mol. The van der Waals surface area contributed by atoms with Crippen molar-refractivity contribution in [1.29, 1.82) is 0 Å². The van der Waals surface area contributed by atoms with Gasteiger partial charge in [-0.25, -0.2) is 0 Å². The molecule has 3 aromatic carbocycles. The Balaban J connectivity index is 1.57. The third-order valence-electron chi connectivity index (χ3n) is 6.10. The number of fused-ring (bicyclic) bond motifs is 2. The first-order chi connectivity index (χ1) is 16.5. The summed E-state index contributed by atoms with van der Waals surface area (Å²) in [6.07, 6.45) is 1.41. The van der Waals surface area contributed by atoms with Crippen molar-refractivity contribution in [2.45, 2.75) is 12.5 Å². The van der Waals surface area contributed by atoms with E-state index in [1.807, 2.05) is 36.4 Å². The Labute approximate surface area is 195 Å². The first-order valence-electron chi connectivity index (χ1n) is 10.9. The number of pyridine rings is 1. The van der Waals surface area contributed by atoms with Gasteiger partial charge in [0.2, 0.25) is 0 Å². The second kappa shape index (κ2) is 8.44. The van der Waals surface area contributed by atoms with Gasteiger partial charge in [0.25, 0.3) is 5.56 Å². The van der Waals surface area contributed by atoms with Crippen molar-refractivity contribution in [3.63, 3.8) is 0 Å². The second-order valence-electron chi connectivity index (χ2n) is 8.20. The lowest BCUT2D eigenvalue weighted by molar-refractivity contribution is 0.0969. The molecule has 0 aliphatic heterocycles. The number of carbonyl (C=O) groups excluding carboxylic acids is 1. The lowest BCUT2D eigenvalue weighted by Gasteiger charge is -2.20. The maximum atomic E-state index is 13.4. The summed E-state index contributed by atoms with van der Waals surface area (Å²) in [4.78, 5) is 26.4. The summed E-state index contributed by atoms with van der Waals surface area (Å²) in [5, 5.41) is 16.4. The van der Waals surface area contributed by atoms with Gasteiger partial charge in [-0.15, -0.1) is 0 Å². The van der Waals surface area contributed by atoms with E-state index >= 15 is 0 Å². The van der Waals surface area contributed by atoms with E-state index in [1.165, 1.54) is 10.8 Å². The minimum absolute atomic E-state index is 0.113. The van der Waals surface area contributed by atoms with E-state index in [-0.39, 0.29) is 17.7 Å². The van der Waals surface area contributed by atoms with Crippen LogP contribution in [-0.2, 0) is 7.05 Å². The van der Waals surface area contributed by atoms with E-state index in [0.29, 0.717) is 22.4 Å². The number of nitrogens with zero attached hydrogens (tertiary/aromatic N) is 1. The number of benzene rings is 3. The molecule has 0 amide bonds. The first-order valence-corrected chi connectivity index (χ1v) is 10.9. The summed E-state index contributed by atoms with van der Waals surface area (Å²) >= 11 is 0. The number of para-hydroxylation sites is 1. The van der Waals surface area contributed by atoms with Crippen molar-refractivity contribution in [2.24, 2.45) is 7.05 Å². The Bertz CT molecular complexity index is 1580. The van der Waals surface area contributed by atoms with Crippen LogP contribution in [0, 0.1) is 0 Å². The van der Waals surface area contributed by atoms with Gasteiger partial charge in [0.15, 0.2) is 5.78 Å². The fraction of sp³-hybridized carbons (Fsp3) is 0.111. The van der Waals surface area contributed by atoms with Gasteiger partial charge in [-0.05, 0) is 41.8 Å². The molecule has 170 valence electrons. The Hall–Kier alpha value is -4.52. The molecule has 34 heavy (non-hydrogen) atoms. The molecule has 2 heterocycles. The third kappa shape index (κ3) is 3.57. The highest BCUT2D eigenvalue weighted by Gasteiger charge is 2.26. The monoisotopic (exact) mass is 453 g/mol. The van der Waals surface area contributed by atoms with Gasteiger partial charge < -0.3 is 25.1 Å². The summed E-state index contributed by atoms with van der Waals surface area (Å²) in [6.45, 7) is 0. The predicted molar refractivity (Wildman–Crippen MR) is 133 cm³/mol. The van der Waals surface area contributed by atoms with E-state index in [9.17, 15) is 14.7 Å². The molecule has 0 bridgehead atoms. The summed E-state index contributed by atoms with van der Waals surface area (Å²) in [7, 11) is 1.59. The molecule has 2 aromatic heterocycles.